The summed E-state index contributed by atoms with van der Waals surface area (Å²) in [5, 5.41) is 11.3. The number of morpholine rings is 1. The number of carbonyl (C=O) groups is 2. The summed E-state index contributed by atoms with van der Waals surface area (Å²) in [7, 11) is 0. The topological polar surface area (TPSA) is 84.2 Å². The molecule has 0 spiro atoms. The normalized spacial score (nSPS) is 22.7. The number of hydrogen-bond acceptors (Lipinski definition) is 5. The summed E-state index contributed by atoms with van der Waals surface area (Å²) < 4.78 is 5.38. The lowest BCUT2D eigenvalue weighted by atomic mass is 9.88. The fourth-order valence-corrected chi connectivity index (χ4v) is 3.75. The van der Waals surface area contributed by atoms with Gasteiger partial charge >= 0.3 is 0 Å². The predicted octanol–water partition coefficient (Wildman–Crippen LogP) is -0.239. The molecule has 140 valence electrons. The number of benzene rings is 1. The van der Waals surface area contributed by atoms with Crippen molar-refractivity contribution in [2.24, 2.45) is 0 Å². The van der Waals surface area contributed by atoms with Gasteiger partial charge in [0.15, 0.2) is 18.1 Å². The third-order valence-electron chi connectivity index (χ3n) is 5.24. The van der Waals surface area contributed by atoms with E-state index in [1.54, 1.807) is 29.2 Å². The number of quaternary nitrogens is 1. The van der Waals surface area contributed by atoms with E-state index in [4.69, 9.17) is 4.74 Å². The highest BCUT2D eigenvalue weighted by molar-refractivity contribution is 6.10. The van der Waals surface area contributed by atoms with Crippen LogP contribution >= 0.6 is 0 Å². The number of anilines is 1. The lowest BCUT2D eigenvalue weighted by molar-refractivity contribution is -0.906. The molecular formula is C20H22N3O4+. The van der Waals surface area contributed by atoms with Gasteiger partial charge in [0.2, 0.25) is 0 Å². The lowest BCUT2D eigenvalue weighted by Crippen LogP contribution is -3.15. The van der Waals surface area contributed by atoms with Gasteiger partial charge in [-0.05, 0) is 18.2 Å². The Hall–Kier alpha value is -2.61. The Bertz CT molecular complexity index is 851. The molecule has 0 unspecified atom stereocenters. The van der Waals surface area contributed by atoms with Gasteiger partial charge in [0.05, 0.1) is 25.3 Å². The first-order chi connectivity index (χ1) is 13.1. The predicted molar refractivity (Wildman–Crippen MR) is 97.4 cm³/mol. The van der Waals surface area contributed by atoms with Crippen LogP contribution in [0.25, 0.3) is 0 Å². The number of fused-ring (bicyclic) bond motifs is 1. The largest absolute Gasteiger partial charge is 0.375 e. The molecule has 27 heavy (non-hydrogen) atoms. The minimum atomic E-state index is -1.84. The first-order valence-electron chi connectivity index (χ1n) is 9.08. The number of aliphatic hydroxyl groups is 1. The molecule has 2 N–H and O–H groups in total. The number of amides is 1. The number of para-hydroxylation sites is 1. The molecule has 1 fully saturated rings. The van der Waals surface area contributed by atoms with E-state index in [9.17, 15) is 14.7 Å². The molecule has 4 rings (SSSR count). The standard InChI is InChI=1S/C20H21N3O4/c24-18(15-5-7-21-8-6-15)13-20(26)16-3-1-2-4-17(16)23(19(20)25)14-22-9-11-27-12-10-22/h1-8,26H,9-14H2/p+1/t20-/m1/s1. The van der Waals surface area contributed by atoms with Crippen LogP contribution in [0.3, 0.4) is 0 Å². The second kappa shape index (κ2) is 7.19. The minimum absolute atomic E-state index is 0.288. The summed E-state index contributed by atoms with van der Waals surface area (Å²) in [5.74, 6) is -0.728. The molecule has 0 bridgehead atoms. The Morgan fingerprint density at radius 2 is 1.89 bits per heavy atom. The second-order valence-corrected chi connectivity index (χ2v) is 6.97. The molecule has 2 aliphatic heterocycles. The van der Waals surface area contributed by atoms with E-state index >= 15 is 0 Å². The first-order valence-corrected chi connectivity index (χ1v) is 9.08. The van der Waals surface area contributed by atoms with Gasteiger partial charge in [0.1, 0.15) is 13.1 Å². The van der Waals surface area contributed by atoms with Gasteiger partial charge < -0.3 is 14.7 Å². The molecule has 1 aromatic carbocycles. The Morgan fingerprint density at radius 3 is 2.63 bits per heavy atom. The zero-order valence-corrected chi connectivity index (χ0v) is 14.9. The number of nitrogens with zero attached hydrogens (tertiary/aromatic N) is 2. The minimum Gasteiger partial charge on any atom is -0.375 e. The van der Waals surface area contributed by atoms with Crippen LogP contribution in [0.4, 0.5) is 5.69 Å². The van der Waals surface area contributed by atoms with E-state index in [0.29, 0.717) is 36.7 Å². The van der Waals surface area contributed by atoms with Crippen LogP contribution in [-0.2, 0) is 15.1 Å². The monoisotopic (exact) mass is 368 g/mol. The number of pyridine rings is 1. The van der Waals surface area contributed by atoms with Gasteiger partial charge in [-0.25, -0.2) is 0 Å². The molecule has 0 aliphatic carbocycles. The number of aromatic nitrogens is 1. The summed E-state index contributed by atoms with van der Waals surface area (Å²) in [6.45, 7) is 3.37. The molecule has 2 aromatic rings. The van der Waals surface area contributed by atoms with Gasteiger partial charge in [-0.1, -0.05) is 18.2 Å². The SMILES string of the molecule is O=C(C[C@]1(O)C(=O)N(C[NH+]2CCOCC2)c2ccccc21)c1ccncc1. The molecule has 2 aliphatic rings. The number of Topliss-reactive ketones (excluding diaryl/α,β-unsaturated/α-hetero) is 1. The maximum Gasteiger partial charge on any atom is 0.268 e. The quantitative estimate of drug-likeness (QED) is 0.712. The van der Waals surface area contributed by atoms with Gasteiger partial charge in [-0.2, -0.15) is 0 Å². The van der Waals surface area contributed by atoms with Crippen LogP contribution in [0.15, 0.2) is 48.8 Å². The molecule has 1 saturated heterocycles. The number of ether oxygens (including phenoxy) is 1. The maximum absolute atomic E-state index is 13.2. The van der Waals surface area contributed by atoms with Gasteiger partial charge in [-0.15, -0.1) is 0 Å². The molecule has 7 heteroatoms. The number of hydrogen-bond donors (Lipinski definition) is 2. The van der Waals surface area contributed by atoms with Crippen molar-refractivity contribution in [2.75, 3.05) is 37.9 Å². The molecule has 0 saturated carbocycles. The van der Waals surface area contributed by atoms with Gasteiger partial charge in [0.25, 0.3) is 5.91 Å². The first kappa shape index (κ1) is 17.8. The highest BCUT2D eigenvalue weighted by Gasteiger charge is 2.51. The third kappa shape index (κ3) is 3.25. The van der Waals surface area contributed by atoms with E-state index < -0.39 is 11.5 Å². The molecule has 7 nitrogen and oxygen atoms in total. The zero-order valence-electron chi connectivity index (χ0n) is 14.9. The smallest absolute Gasteiger partial charge is 0.268 e. The summed E-state index contributed by atoms with van der Waals surface area (Å²) in [5.41, 5.74) is -0.250. The fourth-order valence-electron chi connectivity index (χ4n) is 3.75. The van der Waals surface area contributed by atoms with Crippen molar-refractivity contribution in [3.05, 3.63) is 59.9 Å². The average molecular weight is 368 g/mol. The molecule has 1 amide bonds. The summed E-state index contributed by atoms with van der Waals surface area (Å²) in [6.07, 6.45) is 2.76. The van der Waals surface area contributed by atoms with E-state index in [1.165, 1.54) is 17.3 Å². The molecule has 3 heterocycles. The van der Waals surface area contributed by atoms with Crippen LogP contribution < -0.4 is 9.80 Å². The van der Waals surface area contributed by atoms with E-state index in [1.807, 2.05) is 12.1 Å². The Labute approximate surface area is 157 Å². The van der Waals surface area contributed by atoms with Crippen molar-refractivity contribution in [1.29, 1.82) is 0 Å². The van der Waals surface area contributed by atoms with Crippen LogP contribution in [0.5, 0.6) is 0 Å². The maximum atomic E-state index is 13.2. The summed E-state index contributed by atoms with van der Waals surface area (Å²) >= 11 is 0. The van der Waals surface area contributed by atoms with Crippen molar-refractivity contribution in [1.82, 2.24) is 4.98 Å². The highest BCUT2D eigenvalue weighted by Crippen LogP contribution is 2.42. The second-order valence-electron chi connectivity index (χ2n) is 6.97. The lowest BCUT2D eigenvalue weighted by Gasteiger charge is -2.29. The Balaban J connectivity index is 1.62. The molecule has 1 aromatic heterocycles. The van der Waals surface area contributed by atoms with Crippen LogP contribution in [-0.4, -0.2) is 54.8 Å². The third-order valence-corrected chi connectivity index (χ3v) is 5.24. The summed E-state index contributed by atoms with van der Waals surface area (Å²) in [4.78, 5) is 32.6. The Morgan fingerprint density at radius 1 is 1.19 bits per heavy atom. The molecular weight excluding hydrogens is 346 g/mol. The van der Waals surface area contributed by atoms with Crippen LogP contribution in [0.2, 0.25) is 0 Å². The van der Waals surface area contributed by atoms with Crippen molar-refractivity contribution in [3.63, 3.8) is 0 Å². The van der Waals surface area contributed by atoms with Crippen LogP contribution in [0.1, 0.15) is 22.3 Å². The van der Waals surface area contributed by atoms with E-state index in [-0.39, 0.29) is 12.2 Å². The summed E-state index contributed by atoms with van der Waals surface area (Å²) in [6, 6.07) is 10.3. The zero-order chi connectivity index (χ0) is 18.9. The highest BCUT2D eigenvalue weighted by atomic mass is 16.5. The van der Waals surface area contributed by atoms with Crippen molar-refractivity contribution < 1.29 is 24.3 Å². The number of carbonyl (C=O) groups excluding carboxylic acids is 2. The van der Waals surface area contributed by atoms with Crippen molar-refractivity contribution in [3.8, 4) is 0 Å². The molecule has 0 radical (unpaired) electrons. The number of rotatable bonds is 5. The molecule has 1 atom stereocenters. The van der Waals surface area contributed by atoms with Gasteiger partial charge in [0, 0.05) is 23.5 Å². The fraction of sp³-hybridized carbons (Fsp3) is 0.350. The van der Waals surface area contributed by atoms with E-state index in [2.05, 4.69) is 4.98 Å². The van der Waals surface area contributed by atoms with Gasteiger partial charge in [-0.3, -0.25) is 19.5 Å². The van der Waals surface area contributed by atoms with Crippen LogP contribution in [0, 0.1) is 0 Å². The average Bonchev–Trinajstić information content (AvgIpc) is 2.92. The Kier molecular flexibility index (Phi) is 4.73. The number of nitrogens with one attached hydrogen (secondary N) is 1. The van der Waals surface area contributed by atoms with E-state index in [0.717, 1.165) is 13.1 Å². The van der Waals surface area contributed by atoms with Crippen molar-refractivity contribution in [2.45, 2.75) is 12.0 Å². The van der Waals surface area contributed by atoms with Crippen molar-refractivity contribution >= 4 is 17.4 Å². The number of ketones is 1.